The summed E-state index contributed by atoms with van der Waals surface area (Å²) >= 11 is 1.25. The largest absolute Gasteiger partial charge is 0.495 e. The highest BCUT2D eigenvalue weighted by atomic mass is 32.1. The van der Waals surface area contributed by atoms with E-state index in [9.17, 15) is 9.59 Å². The molecular weight excluding hydrogens is 420 g/mol. The van der Waals surface area contributed by atoms with Gasteiger partial charge in [-0.05, 0) is 36.8 Å². The molecule has 0 spiro atoms. The number of rotatable bonds is 8. The molecule has 0 aliphatic carbocycles. The van der Waals surface area contributed by atoms with Crippen molar-refractivity contribution in [3.8, 4) is 17.2 Å². The standard InChI is InChI=1S/C22H24N2O6S/c1-5-30-15-8-6-14(7-9-15)12-18(25)23-22-24(13-19(26)29-4)20-16(27-2)10-11-17(28-3)21(20)31-22/h6-11H,5,12-13H2,1-4H3. The third kappa shape index (κ3) is 5.05. The first-order valence-electron chi connectivity index (χ1n) is 9.61. The predicted molar refractivity (Wildman–Crippen MR) is 117 cm³/mol. The van der Waals surface area contributed by atoms with Gasteiger partial charge in [-0.1, -0.05) is 23.5 Å². The SMILES string of the molecule is CCOc1ccc(CC(=O)N=c2sc3c(OC)ccc(OC)c3n2CC(=O)OC)cc1. The lowest BCUT2D eigenvalue weighted by Crippen LogP contribution is -2.23. The van der Waals surface area contributed by atoms with Crippen molar-refractivity contribution in [2.75, 3.05) is 27.9 Å². The molecule has 8 nitrogen and oxygen atoms in total. The lowest BCUT2D eigenvalue weighted by atomic mass is 10.1. The molecule has 0 saturated carbocycles. The van der Waals surface area contributed by atoms with Crippen molar-refractivity contribution in [3.05, 3.63) is 46.8 Å². The topological polar surface area (TPSA) is 88.4 Å². The first-order chi connectivity index (χ1) is 15.0. The molecule has 31 heavy (non-hydrogen) atoms. The molecule has 164 valence electrons. The van der Waals surface area contributed by atoms with Crippen molar-refractivity contribution >= 4 is 33.4 Å². The van der Waals surface area contributed by atoms with Gasteiger partial charge in [-0.25, -0.2) is 0 Å². The monoisotopic (exact) mass is 444 g/mol. The van der Waals surface area contributed by atoms with E-state index in [1.165, 1.54) is 25.6 Å². The summed E-state index contributed by atoms with van der Waals surface area (Å²) in [5, 5.41) is 0. The molecule has 1 aromatic heterocycles. The molecule has 0 aliphatic rings. The molecule has 0 saturated heterocycles. The normalized spacial score (nSPS) is 11.4. The average Bonchev–Trinajstić information content (AvgIpc) is 3.12. The van der Waals surface area contributed by atoms with E-state index in [-0.39, 0.29) is 18.9 Å². The molecule has 3 aromatic rings. The van der Waals surface area contributed by atoms with E-state index in [0.717, 1.165) is 16.0 Å². The van der Waals surface area contributed by atoms with Crippen LogP contribution >= 0.6 is 11.3 Å². The van der Waals surface area contributed by atoms with Crippen LogP contribution in [0.3, 0.4) is 0 Å². The molecule has 1 amide bonds. The van der Waals surface area contributed by atoms with Crippen LogP contribution in [-0.4, -0.2) is 44.4 Å². The van der Waals surface area contributed by atoms with Gasteiger partial charge in [-0.15, -0.1) is 0 Å². The van der Waals surface area contributed by atoms with Gasteiger partial charge < -0.3 is 23.5 Å². The number of carbonyl (C=O) groups excluding carboxylic acids is 2. The fourth-order valence-corrected chi connectivity index (χ4v) is 4.23. The number of nitrogens with zero attached hydrogens (tertiary/aromatic N) is 2. The first-order valence-corrected chi connectivity index (χ1v) is 10.4. The first kappa shape index (κ1) is 22.4. The maximum atomic E-state index is 12.7. The van der Waals surface area contributed by atoms with Crippen LogP contribution in [0.4, 0.5) is 0 Å². The van der Waals surface area contributed by atoms with Crippen LogP contribution in [0.2, 0.25) is 0 Å². The molecule has 0 unspecified atom stereocenters. The Bertz CT molecular complexity index is 1150. The molecule has 0 N–H and O–H groups in total. The van der Waals surface area contributed by atoms with E-state index < -0.39 is 5.97 Å². The van der Waals surface area contributed by atoms with Crippen molar-refractivity contribution in [2.24, 2.45) is 4.99 Å². The maximum Gasteiger partial charge on any atom is 0.325 e. The zero-order valence-electron chi connectivity index (χ0n) is 17.8. The van der Waals surface area contributed by atoms with Gasteiger partial charge in [-0.2, -0.15) is 4.99 Å². The molecule has 0 radical (unpaired) electrons. The highest BCUT2D eigenvalue weighted by molar-refractivity contribution is 7.16. The van der Waals surface area contributed by atoms with Gasteiger partial charge in [0.05, 0.1) is 34.4 Å². The number of amides is 1. The molecule has 1 heterocycles. The lowest BCUT2D eigenvalue weighted by Gasteiger charge is -2.09. The Balaban J connectivity index is 2.04. The lowest BCUT2D eigenvalue weighted by molar-refractivity contribution is -0.141. The summed E-state index contributed by atoms with van der Waals surface area (Å²) in [4.78, 5) is 29.4. The minimum Gasteiger partial charge on any atom is -0.495 e. The number of ether oxygens (including phenoxy) is 4. The van der Waals surface area contributed by atoms with Gasteiger partial charge in [0.1, 0.15) is 34.0 Å². The maximum absolute atomic E-state index is 12.7. The second-order valence-corrected chi connectivity index (χ2v) is 7.43. The second kappa shape index (κ2) is 10.1. The van der Waals surface area contributed by atoms with Crippen molar-refractivity contribution in [3.63, 3.8) is 0 Å². The third-order valence-electron chi connectivity index (χ3n) is 4.52. The number of hydrogen-bond donors (Lipinski definition) is 0. The zero-order valence-corrected chi connectivity index (χ0v) is 18.7. The summed E-state index contributed by atoms with van der Waals surface area (Å²) in [5.74, 6) is 1.07. The summed E-state index contributed by atoms with van der Waals surface area (Å²) in [6.07, 6.45) is 0.118. The van der Waals surface area contributed by atoms with Crippen LogP contribution in [0.1, 0.15) is 12.5 Å². The number of hydrogen-bond acceptors (Lipinski definition) is 7. The van der Waals surface area contributed by atoms with Crippen LogP contribution in [0.5, 0.6) is 17.2 Å². The Kier molecular flexibility index (Phi) is 7.30. The Morgan fingerprint density at radius 1 is 1.00 bits per heavy atom. The number of fused-ring (bicyclic) bond motifs is 1. The number of thiazole rings is 1. The van der Waals surface area contributed by atoms with Crippen molar-refractivity contribution in [2.45, 2.75) is 19.9 Å². The van der Waals surface area contributed by atoms with Crippen LogP contribution < -0.4 is 19.0 Å². The zero-order chi connectivity index (χ0) is 22.4. The highest BCUT2D eigenvalue weighted by Crippen LogP contribution is 2.35. The Morgan fingerprint density at radius 2 is 1.68 bits per heavy atom. The van der Waals surface area contributed by atoms with Gasteiger partial charge in [0.25, 0.3) is 5.91 Å². The van der Waals surface area contributed by atoms with Crippen LogP contribution in [0.25, 0.3) is 10.2 Å². The van der Waals surface area contributed by atoms with Gasteiger partial charge in [0.15, 0.2) is 4.80 Å². The van der Waals surface area contributed by atoms with Gasteiger partial charge >= 0.3 is 5.97 Å². The Labute approximate surface area is 183 Å². The molecule has 0 atom stereocenters. The summed E-state index contributed by atoms with van der Waals surface area (Å²) in [6, 6.07) is 10.8. The molecule has 3 rings (SSSR count). The predicted octanol–water partition coefficient (Wildman–Crippen LogP) is 2.96. The van der Waals surface area contributed by atoms with Crippen LogP contribution in [0, 0.1) is 0 Å². The summed E-state index contributed by atoms with van der Waals surface area (Å²) in [6.45, 7) is 2.37. The van der Waals surface area contributed by atoms with Gasteiger partial charge in [-0.3, -0.25) is 9.59 Å². The van der Waals surface area contributed by atoms with Gasteiger partial charge in [0, 0.05) is 0 Å². The minimum atomic E-state index is -0.468. The third-order valence-corrected chi connectivity index (χ3v) is 5.61. The van der Waals surface area contributed by atoms with Gasteiger partial charge in [0.2, 0.25) is 0 Å². The molecule has 0 aliphatic heterocycles. The number of benzene rings is 2. The van der Waals surface area contributed by atoms with Crippen molar-refractivity contribution in [1.82, 2.24) is 4.57 Å². The van der Waals surface area contributed by atoms with E-state index in [2.05, 4.69) is 4.99 Å². The summed E-state index contributed by atoms with van der Waals surface area (Å²) < 4.78 is 23.5. The van der Waals surface area contributed by atoms with Crippen molar-refractivity contribution in [1.29, 1.82) is 0 Å². The average molecular weight is 445 g/mol. The van der Waals surface area contributed by atoms with Crippen LogP contribution in [0.15, 0.2) is 41.4 Å². The number of methoxy groups -OCH3 is 3. The van der Waals surface area contributed by atoms with E-state index >= 15 is 0 Å². The molecule has 9 heteroatoms. The summed E-state index contributed by atoms with van der Waals surface area (Å²) in [5.41, 5.74) is 1.43. The number of carbonyl (C=O) groups is 2. The van der Waals surface area contributed by atoms with E-state index in [1.54, 1.807) is 23.8 Å². The molecule has 0 fully saturated rings. The smallest absolute Gasteiger partial charge is 0.325 e. The van der Waals surface area contributed by atoms with E-state index in [1.807, 2.05) is 31.2 Å². The number of esters is 1. The van der Waals surface area contributed by atoms with E-state index in [0.29, 0.717) is 28.4 Å². The molecule has 0 bridgehead atoms. The quantitative estimate of drug-likeness (QED) is 0.497. The van der Waals surface area contributed by atoms with E-state index in [4.69, 9.17) is 18.9 Å². The fourth-order valence-electron chi connectivity index (χ4n) is 3.07. The summed E-state index contributed by atoms with van der Waals surface area (Å²) in [7, 11) is 4.40. The second-order valence-electron chi connectivity index (χ2n) is 6.45. The molecular formula is C22H24N2O6S. The fraction of sp³-hybridized carbons (Fsp3) is 0.318. The number of aromatic nitrogens is 1. The molecule has 2 aromatic carbocycles. The minimum absolute atomic E-state index is 0.116. The van der Waals surface area contributed by atoms with Crippen molar-refractivity contribution < 1.29 is 28.5 Å². The van der Waals surface area contributed by atoms with Crippen LogP contribution in [-0.2, 0) is 27.3 Å². The Hall–Kier alpha value is -3.33. The Morgan fingerprint density at radius 3 is 2.29 bits per heavy atom. The highest BCUT2D eigenvalue weighted by Gasteiger charge is 2.18.